The van der Waals surface area contributed by atoms with Gasteiger partial charge in [-0.2, -0.15) is 0 Å². The second kappa shape index (κ2) is 9.90. The van der Waals surface area contributed by atoms with E-state index in [-0.39, 0.29) is 11.9 Å². The second-order valence-electron chi connectivity index (χ2n) is 8.72. The molecule has 4 rings (SSSR count). The Bertz CT molecular complexity index is 1260. The van der Waals surface area contributed by atoms with Crippen LogP contribution in [0.3, 0.4) is 0 Å². The maximum atomic E-state index is 12.8. The molecule has 0 bridgehead atoms. The van der Waals surface area contributed by atoms with Crippen LogP contribution in [0.1, 0.15) is 60.0 Å². The number of fused-ring (bicyclic) bond motifs is 1. The Kier molecular flexibility index (Phi) is 6.78. The number of nitrogens with zero attached hydrogens (tertiary/aromatic N) is 2. The zero-order valence-corrected chi connectivity index (χ0v) is 19.7. The Morgan fingerprint density at radius 3 is 2.55 bits per heavy atom. The highest BCUT2D eigenvalue weighted by Gasteiger charge is 2.19. The number of hydrogen-bond acceptors (Lipinski definition) is 3. The minimum Gasteiger partial charge on any atom is -0.491 e. The van der Waals surface area contributed by atoms with Crippen molar-refractivity contribution in [3.8, 4) is 5.75 Å². The lowest BCUT2D eigenvalue weighted by molar-refractivity contribution is 0.0937. The third-order valence-electron chi connectivity index (χ3n) is 5.81. The average molecular weight is 442 g/mol. The number of rotatable bonds is 8. The maximum absolute atomic E-state index is 12.8. The van der Waals surface area contributed by atoms with Crippen molar-refractivity contribution < 1.29 is 9.53 Å². The van der Waals surface area contributed by atoms with Gasteiger partial charge in [0.05, 0.1) is 23.6 Å². The molecular weight excluding hydrogens is 410 g/mol. The molecule has 170 valence electrons. The van der Waals surface area contributed by atoms with Gasteiger partial charge in [0.1, 0.15) is 18.2 Å². The summed E-state index contributed by atoms with van der Waals surface area (Å²) in [5, 5.41) is 3.11. The van der Waals surface area contributed by atoms with E-state index < -0.39 is 0 Å². The summed E-state index contributed by atoms with van der Waals surface area (Å²) in [6.07, 6.45) is 0. The largest absolute Gasteiger partial charge is 0.491 e. The van der Waals surface area contributed by atoms with E-state index in [0.29, 0.717) is 24.6 Å². The van der Waals surface area contributed by atoms with Gasteiger partial charge in [0, 0.05) is 5.56 Å². The molecule has 0 aliphatic carbocycles. The van der Waals surface area contributed by atoms with E-state index in [9.17, 15) is 4.79 Å². The lowest BCUT2D eigenvalue weighted by Crippen LogP contribution is -2.29. The smallest absolute Gasteiger partial charge is 0.251 e. The molecule has 0 saturated carbocycles. The first-order valence-corrected chi connectivity index (χ1v) is 11.5. The number of carbonyl (C=O) groups is 1. The van der Waals surface area contributed by atoms with E-state index in [1.165, 1.54) is 5.56 Å². The second-order valence-corrected chi connectivity index (χ2v) is 8.72. The van der Waals surface area contributed by atoms with Crippen LogP contribution < -0.4 is 10.1 Å². The van der Waals surface area contributed by atoms with Gasteiger partial charge >= 0.3 is 0 Å². The highest BCUT2D eigenvalue weighted by atomic mass is 16.5. The molecule has 0 aliphatic heterocycles. The fourth-order valence-electron chi connectivity index (χ4n) is 4.13. The van der Waals surface area contributed by atoms with Gasteiger partial charge in [-0.05, 0) is 55.7 Å². The van der Waals surface area contributed by atoms with Crippen molar-refractivity contribution in [1.82, 2.24) is 14.9 Å². The molecule has 0 spiro atoms. The van der Waals surface area contributed by atoms with Gasteiger partial charge in [-0.15, -0.1) is 0 Å². The van der Waals surface area contributed by atoms with Crippen LogP contribution in [0.2, 0.25) is 0 Å². The number of ether oxygens (including phenoxy) is 1. The molecule has 5 nitrogen and oxygen atoms in total. The Hall–Kier alpha value is -3.60. The van der Waals surface area contributed by atoms with Crippen LogP contribution in [0.15, 0.2) is 72.8 Å². The third-order valence-corrected chi connectivity index (χ3v) is 5.81. The standard InChI is InChI=1S/C28H31N3O2/c1-19(2)23-12-5-8-15-26(23)33-17-16-31-25-14-7-6-13-24(25)30-27(31)21(4)29-28(32)22-11-9-10-20(3)18-22/h5-15,18-19,21H,16-17H2,1-4H3,(H,29,32). The summed E-state index contributed by atoms with van der Waals surface area (Å²) in [4.78, 5) is 17.7. The number of aryl methyl sites for hydroxylation is 1. The average Bonchev–Trinajstić information content (AvgIpc) is 3.18. The van der Waals surface area contributed by atoms with Gasteiger partial charge in [0.15, 0.2) is 0 Å². The molecule has 0 aliphatic rings. The molecule has 0 radical (unpaired) electrons. The van der Waals surface area contributed by atoms with Gasteiger partial charge in [-0.3, -0.25) is 4.79 Å². The summed E-state index contributed by atoms with van der Waals surface area (Å²) in [7, 11) is 0. The zero-order valence-electron chi connectivity index (χ0n) is 19.7. The van der Waals surface area contributed by atoms with Gasteiger partial charge in [0.2, 0.25) is 0 Å². The number of para-hydroxylation sites is 3. The van der Waals surface area contributed by atoms with Crippen molar-refractivity contribution in [3.05, 3.63) is 95.3 Å². The van der Waals surface area contributed by atoms with Crippen molar-refractivity contribution in [2.45, 2.75) is 46.2 Å². The summed E-state index contributed by atoms with van der Waals surface area (Å²) < 4.78 is 8.33. The first-order valence-electron chi connectivity index (χ1n) is 11.5. The molecule has 1 N–H and O–H groups in total. The minimum absolute atomic E-state index is 0.105. The monoisotopic (exact) mass is 441 g/mol. The van der Waals surface area contributed by atoms with Gasteiger partial charge in [-0.1, -0.05) is 61.9 Å². The SMILES string of the molecule is Cc1cccc(C(=O)NC(C)c2nc3ccccc3n2CCOc2ccccc2C(C)C)c1. The van der Waals surface area contributed by atoms with Gasteiger partial charge < -0.3 is 14.6 Å². The molecule has 1 unspecified atom stereocenters. The third kappa shape index (κ3) is 5.08. The maximum Gasteiger partial charge on any atom is 0.251 e. The van der Waals surface area contributed by atoms with Crippen LogP contribution in [-0.2, 0) is 6.54 Å². The number of imidazole rings is 1. The van der Waals surface area contributed by atoms with Crippen LogP contribution in [0, 0.1) is 6.92 Å². The highest BCUT2D eigenvalue weighted by molar-refractivity contribution is 5.94. The molecule has 3 aromatic carbocycles. The summed E-state index contributed by atoms with van der Waals surface area (Å²) in [6, 6.07) is 23.6. The normalized spacial score (nSPS) is 12.2. The molecule has 0 fully saturated rings. The number of benzene rings is 3. The summed E-state index contributed by atoms with van der Waals surface area (Å²) in [5.41, 5.74) is 4.85. The summed E-state index contributed by atoms with van der Waals surface area (Å²) in [6.45, 7) is 9.44. The van der Waals surface area contributed by atoms with E-state index >= 15 is 0 Å². The Balaban J connectivity index is 1.55. The quantitative estimate of drug-likeness (QED) is 0.363. The first kappa shape index (κ1) is 22.6. The van der Waals surface area contributed by atoms with Crippen molar-refractivity contribution in [3.63, 3.8) is 0 Å². The van der Waals surface area contributed by atoms with Crippen molar-refractivity contribution in [2.24, 2.45) is 0 Å². The Labute approximate surface area is 195 Å². The number of carbonyl (C=O) groups excluding carboxylic acids is 1. The predicted molar refractivity (Wildman–Crippen MR) is 133 cm³/mol. The fourth-order valence-corrected chi connectivity index (χ4v) is 4.13. The van der Waals surface area contributed by atoms with E-state index in [4.69, 9.17) is 9.72 Å². The summed E-state index contributed by atoms with van der Waals surface area (Å²) in [5.74, 6) is 2.02. The Morgan fingerprint density at radius 1 is 1.00 bits per heavy atom. The van der Waals surface area contributed by atoms with Crippen LogP contribution in [-0.4, -0.2) is 22.1 Å². The fraction of sp³-hybridized carbons (Fsp3) is 0.286. The van der Waals surface area contributed by atoms with E-state index in [0.717, 1.165) is 28.2 Å². The molecule has 1 aromatic heterocycles. The van der Waals surface area contributed by atoms with Crippen LogP contribution in [0.25, 0.3) is 11.0 Å². The lowest BCUT2D eigenvalue weighted by Gasteiger charge is -2.18. The number of nitrogens with one attached hydrogen (secondary N) is 1. The molecule has 1 atom stereocenters. The predicted octanol–water partition coefficient (Wildman–Crippen LogP) is 6.04. The molecule has 1 heterocycles. The molecular formula is C28H31N3O2. The number of amides is 1. The summed E-state index contributed by atoms with van der Waals surface area (Å²) >= 11 is 0. The van der Waals surface area contributed by atoms with E-state index in [2.05, 4.69) is 35.9 Å². The molecule has 1 amide bonds. The van der Waals surface area contributed by atoms with Gasteiger partial charge in [-0.25, -0.2) is 4.98 Å². The number of aromatic nitrogens is 2. The van der Waals surface area contributed by atoms with Crippen molar-refractivity contribution >= 4 is 16.9 Å². The molecule has 0 saturated heterocycles. The minimum atomic E-state index is -0.256. The van der Waals surface area contributed by atoms with Crippen LogP contribution in [0.5, 0.6) is 5.75 Å². The Morgan fingerprint density at radius 2 is 1.76 bits per heavy atom. The van der Waals surface area contributed by atoms with Gasteiger partial charge in [0.25, 0.3) is 5.91 Å². The lowest BCUT2D eigenvalue weighted by atomic mass is 10.0. The molecule has 4 aromatic rings. The van der Waals surface area contributed by atoms with Crippen LogP contribution >= 0.6 is 0 Å². The van der Waals surface area contributed by atoms with Crippen molar-refractivity contribution in [1.29, 1.82) is 0 Å². The van der Waals surface area contributed by atoms with Crippen molar-refractivity contribution in [2.75, 3.05) is 6.61 Å². The van der Waals surface area contributed by atoms with E-state index in [1.807, 2.05) is 74.5 Å². The highest BCUT2D eigenvalue weighted by Crippen LogP contribution is 2.26. The van der Waals surface area contributed by atoms with Crippen LogP contribution in [0.4, 0.5) is 0 Å². The topological polar surface area (TPSA) is 56.2 Å². The zero-order chi connectivity index (χ0) is 23.4. The first-order chi connectivity index (χ1) is 15.9. The molecule has 5 heteroatoms. The number of hydrogen-bond donors (Lipinski definition) is 1. The van der Waals surface area contributed by atoms with E-state index in [1.54, 1.807) is 0 Å². The molecule has 33 heavy (non-hydrogen) atoms.